The fraction of sp³-hybridized carbons (Fsp3) is 0.647. The summed E-state index contributed by atoms with van der Waals surface area (Å²) in [5.74, 6) is 1.16. The molecule has 1 saturated heterocycles. The molecule has 0 aliphatic carbocycles. The summed E-state index contributed by atoms with van der Waals surface area (Å²) in [4.78, 5) is 2.20. The van der Waals surface area contributed by atoms with Crippen LogP contribution in [-0.2, 0) is 9.31 Å². The van der Waals surface area contributed by atoms with Crippen LogP contribution in [0.25, 0.3) is 0 Å². The van der Waals surface area contributed by atoms with Gasteiger partial charge in [0.05, 0.1) is 11.2 Å². The van der Waals surface area contributed by atoms with Crippen molar-refractivity contribution in [3.05, 3.63) is 23.8 Å². The van der Waals surface area contributed by atoms with Crippen LogP contribution in [0.15, 0.2) is 18.2 Å². The van der Waals surface area contributed by atoms with Crippen LogP contribution >= 0.6 is 23.2 Å². The Balaban J connectivity index is 2.23. The molecule has 6 heteroatoms. The predicted molar refractivity (Wildman–Crippen MR) is 101 cm³/mol. The van der Waals surface area contributed by atoms with E-state index in [9.17, 15) is 0 Å². The molecule has 0 bridgehead atoms. The van der Waals surface area contributed by atoms with Gasteiger partial charge in [-0.15, -0.1) is 23.2 Å². The maximum Gasteiger partial charge on any atom is 0.495 e. The molecular formula is C17H26BCl2NO2. The van der Waals surface area contributed by atoms with Crippen molar-refractivity contribution in [2.24, 2.45) is 0 Å². The molecule has 0 radical (unpaired) electrons. The maximum atomic E-state index is 6.15. The van der Waals surface area contributed by atoms with Crippen molar-refractivity contribution in [3.63, 3.8) is 0 Å². The van der Waals surface area contributed by atoms with E-state index in [0.29, 0.717) is 11.8 Å². The summed E-state index contributed by atoms with van der Waals surface area (Å²) in [5, 5.41) is 0. The molecule has 1 heterocycles. The number of halogens is 2. The van der Waals surface area contributed by atoms with Crippen molar-refractivity contribution in [2.45, 2.75) is 45.8 Å². The minimum absolute atomic E-state index is 0.327. The van der Waals surface area contributed by atoms with Gasteiger partial charge in [0.1, 0.15) is 0 Å². The topological polar surface area (TPSA) is 21.7 Å². The van der Waals surface area contributed by atoms with Crippen molar-refractivity contribution < 1.29 is 9.31 Å². The Labute approximate surface area is 150 Å². The molecule has 0 N–H and O–H groups in total. The molecule has 2 rings (SSSR count). The van der Waals surface area contributed by atoms with E-state index in [1.807, 2.05) is 0 Å². The smallest absolute Gasteiger partial charge is 0.399 e. The van der Waals surface area contributed by atoms with E-state index in [2.05, 4.69) is 57.7 Å². The number of rotatable bonds is 6. The second-order valence-electron chi connectivity index (χ2n) is 6.99. The lowest BCUT2D eigenvalue weighted by molar-refractivity contribution is 0.00578. The number of nitrogens with zero attached hydrogens (tertiary/aromatic N) is 1. The monoisotopic (exact) mass is 357 g/mol. The predicted octanol–water partition coefficient (Wildman–Crippen LogP) is 3.58. The van der Waals surface area contributed by atoms with Crippen LogP contribution in [0.1, 0.15) is 33.3 Å². The van der Waals surface area contributed by atoms with E-state index < -0.39 is 0 Å². The van der Waals surface area contributed by atoms with Crippen LogP contribution in [0, 0.1) is 6.92 Å². The van der Waals surface area contributed by atoms with Crippen molar-refractivity contribution in [1.29, 1.82) is 0 Å². The molecule has 0 amide bonds. The fourth-order valence-electron chi connectivity index (χ4n) is 2.67. The van der Waals surface area contributed by atoms with E-state index in [1.54, 1.807) is 0 Å². The highest BCUT2D eigenvalue weighted by Crippen LogP contribution is 2.36. The molecule has 1 aliphatic rings. The van der Waals surface area contributed by atoms with Gasteiger partial charge in [0.25, 0.3) is 0 Å². The van der Waals surface area contributed by atoms with Gasteiger partial charge in [-0.1, -0.05) is 6.07 Å². The van der Waals surface area contributed by atoms with Gasteiger partial charge >= 0.3 is 7.12 Å². The van der Waals surface area contributed by atoms with Gasteiger partial charge < -0.3 is 14.2 Å². The lowest BCUT2D eigenvalue weighted by Gasteiger charge is -2.32. The van der Waals surface area contributed by atoms with Crippen molar-refractivity contribution in [3.8, 4) is 0 Å². The molecular weight excluding hydrogens is 332 g/mol. The maximum absolute atomic E-state index is 6.15. The standard InChI is InChI=1S/C17H26BCl2NO2/c1-13-12-14(21(10-8-19)11-9-20)6-7-15(13)18-22-16(2,3)17(4,5)23-18/h6-7,12H,8-11H2,1-5H3. The van der Waals surface area contributed by atoms with E-state index >= 15 is 0 Å². The molecule has 1 aliphatic heterocycles. The lowest BCUT2D eigenvalue weighted by atomic mass is 9.76. The summed E-state index contributed by atoms with van der Waals surface area (Å²) < 4.78 is 12.3. The highest BCUT2D eigenvalue weighted by atomic mass is 35.5. The molecule has 128 valence electrons. The van der Waals surface area contributed by atoms with Crippen LogP contribution < -0.4 is 10.4 Å². The van der Waals surface area contributed by atoms with Crippen molar-refractivity contribution in [2.75, 3.05) is 29.7 Å². The zero-order chi connectivity index (χ0) is 17.3. The molecule has 3 nitrogen and oxygen atoms in total. The van der Waals surface area contributed by atoms with Crippen LogP contribution in [0.5, 0.6) is 0 Å². The first-order valence-corrected chi connectivity index (χ1v) is 9.12. The largest absolute Gasteiger partial charge is 0.495 e. The third-order valence-corrected chi connectivity index (χ3v) is 5.17. The van der Waals surface area contributed by atoms with Gasteiger partial charge in [-0.2, -0.15) is 0 Å². The van der Waals surface area contributed by atoms with Gasteiger partial charge in [-0.05, 0) is 57.8 Å². The number of aryl methyl sites for hydroxylation is 1. The molecule has 0 aromatic heterocycles. The van der Waals surface area contributed by atoms with Gasteiger partial charge in [-0.25, -0.2) is 0 Å². The van der Waals surface area contributed by atoms with Gasteiger partial charge in [0.15, 0.2) is 0 Å². The second-order valence-corrected chi connectivity index (χ2v) is 7.75. The summed E-state index contributed by atoms with van der Waals surface area (Å²) in [5.41, 5.74) is 2.70. The number of anilines is 1. The number of hydrogen-bond acceptors (Lipinski definition) is 3. The molecule has 23 heavy (non-hydrogen) atoms. The molecule has 1 aromatic carbocycles. The molecule has 0 spiro atoms. The summed E-state index contributed by atoms with van der Waals surface area (Å²) in [7, 11) is -0.330. The third kappa shape index (κ3) is 3.98. The van der Waals surface area contributed by atoms with Gasteiger partial charge in [-0.3, -0.25) is 0 Å². The summed E-state index contributed by atoms with van der Waals surface area (Å²) in [6, 6.07) is 6.33. The summed E-state index contributed by atoms with van der Waals surface area (Å²) in [6.45, 7) is 11.9. The Bertz CT molecular complexity index is 529. The second kappa shape index (κ2) is 7.22. The number of alkyl halides is 2. The van der Waals surface area contributed by atoms with E-state index in [0.717, 1.165) is 29.8 Å². The Hall–Kier alpha value is -0.415. The Kier molecular flexibility index (Phi) is 5.94. The SMILES string of the molecule is Cc1cc(N(CCCl)CCCl)ccc1B1OC(C)(C)C(C)(C)O1. The molecule has 0 atom stereocenters. The van der Waals surface area contributed by atoms with Crippen LogP contribution in [0.3, 0.4) is 0 Å². The Morgan fingerprint density at radius 2 is 1.52 bits per heavy atom. The van der Waals surface area contributed by atoms with Crippen molar-refractivity contribution >= 4 is 41.5 Å². The lowest BCUT2D eigenvalue weighted by Crippen LogP contribution is -2.41. The number of hydrogen-bond donors (Lipinski definition) is 0. The Morgan fingerprint density at radius 3 is 1.96 bits per heavy atom. The minimum atomic E-state index is -0.330. The average Bonchev–Trinajstić information content (AvgIpc) is 2.66. The number of benzene rings is 1. The first-order valence-electron chi connectivity index (χ1n) is 8.05. The van der Waals surface area contributed by atoms with E-state index in [4.69, 9.17) is 32.5 Å². The zero-order valence-electron chi connectivity index (χ0n) is 14.7. The van der Waals surface area contributed by atoms with Crippen LogP contribution in [0.4, 0.5) is 5.69 Å². The zero-order valence-corrected chi connectivity index (χ0v) is 16.2. The average molecular weight is 358 g/mol. The third-order valence-electron chi connectivity index (χ3n) is 4.83. The Morgan fingerprint density at radius 1 is 1.00 bits per heavy atom. The van der Waals surface area contributed by atoms with E-state index in [1.165, 1.54) is 0 Å². The first-order chi connectivity index (χ1) is 10.7. The molecule has 0 saturated carbocycles. The normalized spacial score (nSPS) is 19.2. The van der Waals surface area contributed by atoms with Gasteiger partial charge in [0.2, 0.25) is 0 Å². The molecule has 1 aromatic rings. The fourth-order valence-corrected chi connectivity index (χ4v) is 3.07. The molecule has 1 fully saturated rings. The minimum Gasteiger partial charge on any atom is -0.399 e. The summed E-state index contributed by atoms with van der Waals surface area (Å²) >= 11 is 11.8. The summed E-state index contributed by atoms with van der Waals surface area (Å²) in [6.07, 6.45) is 0. The van der Waals surface area contributed by atoms with Gasteiger partial charge in [0, 0.05) is 30.5 Å². The first kappa shape index (κ1) is 18.9. The van der Waals surface area contributed by atoms with E-state index in [-0.39, 0.29) is 18.3 Å². The van der Waals surface area contributed by atoms with Crippen LogP contribution in [-0.4, -0.2) is 43.2 Å². The quantitative estimate of drug-likeness (QED) is 0.573. The molecule has 0 unspecified atom stereocenters. The van der Waals surface area contributed by atoms with Crippen LogP contribution in [0.2, 0.25) is 0 Å². The van der Waals surface area contributed by atoms with Crippen molar-refractivity contribution in [1.82, 2.24) is 0 Å². The highest BCUT2D eigenvalue weighted by Gasteiger charge is 2.52. The highest BCUT2D eigenvalue weighted by molar-refractivity contribution is 6.62.